The highest BCUT2D eigenvalue weighted by atomic mass is 19.1. The summed E-state index contributed by atoms with van der Waals surface area (Å²) < 4.78 is 19.4. The SMILES string of the molecule is CC(Cc1cc(NC(N)=NCCN2CCCCC2)on1)c1ccc(-c2ccccc2F)cc1. The summed E-state index contributed by atoms with van der Waals surface area (Å²) in [5, 5.41) is 7.15. The third-order valence-corrected chi connectivity index (χ3v) is 6.14. The maximum absolute atomic E-state index is 14.0. The fourth-order valence-corrected chi connectivity index (χ4v) is 4.25. The van der Waals surface area contributed by atoms with Crippen LogP contribution in [0.5, 0.6) is 0 Å². The van der Waals surface area contributed by atoms with Gasteiger partial charge in [0, 0.05) is 18.2 Å². The molecule has 2 aromatic carbocycles. The Kier molecular flexibility index (Phi) is 7.73. The van der Waals surface area contributed by atoms with Crippen molar-refractivity contribution in [3.8, 4) is 11.1 Å². The van der Waals surface area contributed by atoms with Crippen LogP contribution in [0.4, 0.5) is 10.3 Å². The molecule has 2 heterocycles. The van der Waals surface area contributed by atoms with Crippen LogP contribution < -0.4 is 11.1 Å². The van der Waals surface area contributed by atoms with E-state index >= 15 is 0 Å². The number of piperidine rings is 1. The van der Waals surface area contributed by atoms with Crippen molar-refractivity contribution >= 4 is 11.8 Å². The number of nitrogens with zero attached hydrogens (tertiary/aromatic N) is 3. The summed E-state index contributed by atoms with van der Waals surface area (Å²) in [5.74, 6) is 0.848. The number of guanidine groups is 1. The molecule has 1 atom stereocenters. The molecule has 1 saturated heterocycles. The largest absolute Gasteiger partial charge is 0.370 e. The van der Waals surface area contributed by atoms with E-state index in [1.165, 1.54) is 25.3 Å². The van der Waals surface area contributed by atoms with Crippen molar-refractivity contribution in [3.05, 3.63) is 71.7 Å². The van der Waals surface area contributed by atoms with Gasteiger partial charge in [-0.3, -0.25) is 10.3 Å². The minimum atomic E-state index is -0.213. The second-order valence-corrected chi connectivity index (χ2v) is 8.68. The smallest absolute Gasteiger partial charge is 0.231 e. The molecule has 1 unspecified atom stereocenters. The normalized spacial score (nSPS) is 16.0. The highest BCUT2D eigenvalue weighted by molar-refractivity contribution is 5.90. The van der Waals surface area contributed by atoms with Crippen molar-refractivity contribution in [2.75, 3.05) is 31.5 Å². The van der Waals surface area contributed by atoms with Crippen LogP contribution in [0.15, 0.2) is 64.1 Å². The number of aromatic nitrogens is 1. The Hall–Kier alpha value is -3.19. The first-order chi connectivity index (χ1) is 16.1. The number of nitrogens with two attached hydrogens (primary N) is 1. The summed E-state index contributed by atoms with van der Waals surface area (Å²) >= 11 is 0. The summed E-state index contributed by atoms with van der Waals surface area (Å²) in [6, 6.07) is 16.7. The Balaban J connectivity index is 1.28. The summed E-state index contributed by atoms with van der Waals surface area (Å²) in [4.78, 5) is 6.83. The first-order valence-electron chi connectivity index (χ1n) is 11.7. The lowest BCUT2D eigenvalue weighted by Gasteiger charge is -2.25. The molecule has 1 aliphatic rings. The van der Waals surface area contributed by atoms with E-state index in [9.17, 15) is 4.39 Å². The number of halogens is 1. The molecular weight excluding hydrogens is 417 g/mol. The minimum absolute atomic E-state index is 0.213. The van der Waals surface area contributed by atoms with Crippen LogP contribution >= 0.6 is 0 Å². The molecule has 0 amide bonds. The Labute approximate surface area is 194 Å². The number of benzene rings is 2. The number of hydrogen-bond donors (Lipinski definition) is 2. The van der Waals surface area contributed by atoms with Crippen molar-refractivity contribution in [2.45, 2.75) is 38.5 Å². The van der Waals surface area contributed by atoms with Gasteiger partial charge in [0.1, 0.15) is 5.82 Å². The van der Waals surface area contributed by atoms with E-state index in [-0.39, 0.29) is 11.7 Å². The zero-order chi connectivity index (χ0) is 23.0. The standard InChI is InChI=1S/C26H32FN5O/c1-19(20-9-11-21(12-10-20)23-7-3-4-8-24(23)27)17-22-18-25(33-31-22)30-26(28)29-13-16-32-14-5-2-6-15-32/h3-4,7-12,18-19H,2,5-6,13-17H2,1H3,(H3,28,29,30). The van der Waals surface area contributed by atoms with Crippen LogP contribution in [0.25, 0.3) is 11.1 Å². The minimum Gasteiger partial charge on any atom is -0.370 e. The van der Waals surface area contributed by atoms with E-state index in [4.69, 9.17) is 10.3 Å². The Morgan fingerprint density at radius 3 is 2.67 bits per heavy atom. The van der Waals surface area contributed by atoms with Crippen LogP contribution in [-0.2, 0) is 6.42 Å². The molecule has 0 saturated carbocycles. The van der Waals surface area contributed by atoms with Gasteiger partial charge in [-0.1, -0.05) is 61.0 Å². The predicted octanol–water partition coefficient (Wildman–Crippen LogP) is 5.04. The molecule has 4 rings (SSSR count). The lowest BCUT2D eigenvalue weighted by molar-refractivity contribution is 0.235. The quantitative estimate of drug-likeness (QED) is 0.372. The molecule has 1 aliphatic heterocycles. The molecule has 7 heteroatoms. The molecule has 174 valence electrons. The van der Waals surface area contributed by atoms with Gasteiger partial charge in [0.2, 0.25) is 5.88 Å². The van der Waals surface area contributed by atoms with Crippen molar-refractivity contribution < 1.29 is 8.91 Å². The van der Waals surface area contributed by atoms with Gasteiger partial charge in [-0.05, 0) is 55.5 Å². The lowest BCUT2D eigenvalue weighted by atomic mass is 9.94. The zero-order valence-corrected chi connectivity index (χ0v) is 19.1. The van der Waals surface area contributed by atoms with Crippen LogP contribution in [0.2, 0.25) is 0 Å². The van der Waals surface area contributed by atoms with E-state index in [0.717, 1.165) is 42.9 Å². The highest BCUT2D eigenvalue weighted by Gasteiger charge is 2.13. The molecule has 0 spiro atoms. The number of rotatable bonds is 8. The number of likely N-dealkylation sites (tertiary alicyclic amines) is 1. The molecule has 33 heavy (non-hydrogen) atoms. The maximum atomic E-state index is 14.0. The van der Waals surface area contributed by atoms with Crippen molar-refractivity contribution in [1.82, 2.24) is 10.1 Å². The number of nitrogens with one attached hydrogen (secondary N) is 1. The Morgan fingerprint density at radius 1 is 1.15 bits per heavy atom. The summed E-state index contributed by atoms with van der Waals surface area (Å²) in [5.41, 5.74) is 9.48. The number of aliphatic imine (C=N–C) groups is 1. The van der Waals surface area contributed by atoms with Crippen LogP contribution in [0.1, 0.15) is 43.4 Å². The molecule has 0 aliphatic carbocycles. The monoisotopic (exact) mass is 449 g/mol. The van der Waals surface area contributed by atoms with Gasteiger partial charge in [-0.15, -0.1) is 0 Å². The zero-order valence-electron chi connectivity index (χ0n) is 19.1. The van der Waals surface area contributed by atoms with Crippen LogP contribution in [-0.4, -0.2) is 42.2 Å². The number of hydrogen-bond acceptors (Lipinski definition) is 4. The fourth-order valence-electron chi connectivity index (χ4n) is 4.25. The molecule has 1 aromatic heterocycles. The summed E-state index contributed by atoms with van der Waals surface area (Å²) in [6.07, 6.45) is 4.59. The summed E-state index contributed by atoms with van der Waals surface area (Å²) in [6.45, 7) is 6.03. The number of anilines is 1. The molecule has 6 nitrogen and oxygen atoms in total. The fraction of sp³-hybridized carbons (Fsp3) is 0.385. The van der Waals surface area contributed by atoms with Crippen molar-refractivity contribution in [2.24, 2.45) is 10.7 Å². The van der Waals surface area contributed by atoms with Crippen molar-refractivity contribution in [3.63, 3.8) is 0 Å². The lowest BCUT2D eigenvalue weighted by Crippen LogP contribution is -2.32. The van der Waals surface area contributed by atoms with Gasteiger partial charge >= 0.3 is 0 Å². The van der Waals surface area contributed by atoms with Gasteiger partial charge in [-0.2, -0.15) is 0 Å². The third-order valence-electron chi connectivity index (χ3n) is 6.14. The van der Waals surface area contributed by atoms with E-state index in [1.807, 2.05) is 36.4 Å². The molecule has 0 bridgehead atoms. The topological polar surface area (TPSA) is 79.7 Å². The van der Waals surface area contributed by atoms with Gasteiger partial charge < -0.3 is 15.2 Å². The molecule has 0 radical (unpaired) electrons. The van der Waals surface area contributed by atoms with Crippen LogP contribution in [0, 0.1) is 5.82 Å². The second-order valence-electron chi connectivity index (χ2n) is 8.68. The molecule has 1 fully saturated rings. The first-order valence-corrected chi connectivity index (χ1v) is 11.7. The van der Waals surface area contributed by atoms with E-state index in [1.54, 1.807) is 12.1 Å². The van der Waals surface area contributed by atoms with Gasteiger partial charge in [0.05, 0.1) is 12.2 Å². The Bertz CT molecular complexity index is 1060. The Morgan fingerprint density at radius 2 is 1.91 bits per heavy atom. The van der Waals surface area contributed by atoms with E-state index < -0.39 is 0 Å². The van der Waals surface area contributed by atoms with Gasteiger partial charge in [0.15, 0.2) is 5.96 Å². The van der Waals surface area contributed by atoms with E-state index in [0.29, 0.717) is 24.0 Å². The average Bonchev–Trinajstić information content (AvgIpc) is 3.26. The predicted molar refractivity (Wildman–Crippen MR) is 131 cm³/mol. The third kappa shape index (κ3) is 6.42. The first kappa shape index (κ1) is 23.0. The average molecular weight is 450 g/mol. The highest BCUT2D eigenvalue weighted by Crippen LogP contribution is 2.26. The molecule has 3 N–H and O–H groups in total. The van der Waals surface area contributed by atoms with Gasteiger partial charge in [-0.25, -0.2) is 4.39 Å². The second kappa shape index (κ2) is 11.1. The van der Waals surface area contributed by atoms with E-state index in [2.05, 4.69) is 27.3 Å². The molecular formula is C26H32FN5O. The van der Waals surface area contributed by atoms with Crippen LogP contribution in [0.3, 0.4) is 0 Å². The molecule has 3 aromatic rings. The van der Waals surface area contributed by atoms with Crippen molar-refractivity contribution in [1.29, 1.82) is 0 Å². The summed E-state index contributed by atoms with van der Waals surface area (Å²) in [7, 11) is 0. The van der Waals surface area contributed by atoms with Gasteiger partial charge in [0.25, 0.3) is 0 Å². The maximum Gasteiger partial charge on any atom is 0.231 e.